The number of hydrogen-bond acceptors (Lipinski definition) is 3. The average Bonchev–Trinajstić information content (AvgIpc) is 2.49. The number of benzene rings is 1. The zero-order chi connectivity index (χ0) is 12.4. The van der Waals surface area contributed by atoms with Crippen LogP contribution in [0, 0.1) is 0 Å². The minimum absolute atomic E-state index is 0.0708. The van der Waals surface area contributed by atoms with Crippen LogP contribution in [0.5, 0.6) is 0 Å². The van der Waals surface area contributed by atoms with Gasteiger partial charge >= 0.3 is 0 Å². The molecule has 2 rings (SSSR count). The maximum atomic E-state index is 10.1. The van der Waals surface area contributed by atoms with E-state index in [1.807, 2.05) is 38.1 Å². The maximum Gasteiger partial charge on any atom is 0.0810 e. The summed E-state index contributed by atoms with van der Waals surface area (Å²) < 4.78 is 0. The molecule has 3 heteroatoms. The highest BCUT2D eigenvalue weighted by Crippen LogP contribution is 2.34. The molecular formula is C14H21NO2. The molecular weight excluding hydrogens is 214 g/mol. The van der Waals surface area contributed by atoms with Gasteiger partial charge in [-0.25, -0.2) is 0 Å². The molecule has 0 bridgehead atoms. The molecule has 1 aromatic carbocycles. The van der Waals surface area contributed by atoms with Crippen molar-refractivity contribution in [1.82, 2.24) is 0 Å². The van der Waals surface area contributed by atoms with E-state index < -0.39 is 0 Å². The predicted molar refractivity (Wildman–Crippen MR) is 69.1 cm³/mol. The van der Waals surface area contributed by atoms with Gasteiger partial charge in [0.05, 0.1) is 18.2 Å². The van der Waals surface area contributed by atoms with E-state index in [1.165, 1.54) is 0 Å². The van der Waals surface area contributed by atoms with Crippen molar-refractivity contribution in [3.05, 3.63) is 29.8 Å². The summed E-state index contributed by atoms with van der Waals surface area (Å²) in [5, 5.41) is 19.8. The Morgan fingerprint density at radius 1 is 1.29 bits per heavy atom. The standard InChI is InChI=1S/C14H21NO2/c1-10(11(2)16)15-9-5-8-14(17)12-6-3-4-7-13(12)15/h3-4,6-7,10-11,14,16-17H,5,8-9H2,1-2H3. The van der Waals surface area contributed by atoms with Gasteiger partial charge in [0.1, 0.15) is 0 Å². The summed E-state index contributed by atoms with van der Waals surface area (Å²) in [5.41, 5.74) is 2.04. The van der Waals surface area contributed by atoms with Gasteiger partial charge in [-0.15, -0.1) is 0 Å². The summed E-state index contributed by atoms with van der Waals surface area (Å²) in [4.78, 5) is 2.20. The first kappa shape index (κ1) is 12.4. The van der Waals surface area contributed by atoms with Crippen LogP contribution in [0.15, 0.2) is 24.3 Å². The molecule has 1 aliphatic rings. The molecule has 0 spiro atoms. The lowest BCUT2D eigenvalue weighted by Crippen LogP contribution is -2.41. The van der Waals surface area contributed by atoms with Gasteiger partial charge < -0.3 is 15.1 Å². The highest BCUT2D eigenvalue weighted by molar-refractivity contribution is 5.56. The molecule has 0 fully saturated rings. The molecule has 3 unspecified atom stereocenters. The molecule has 94 valence electrons. The molecule has 0 amide bonds. The Morgan fingerprint density at radius 3 is 2.71 bits per heavy atom. The fourth-order valence-electron chi connectivity index (χ4n) is 2.45. The number of aliphatic hydroxyl groups excluding tert-OH is 2. The van der Waals surface area contributed by atoms with Crippen molar-refractivity contribution in [3.8, 4) is 0 Å². The van der Waals surface area contributed by atoms with Crippen molar-refractivity contribution < 1.29 is 10.2 Å². The Kier molecular flexibility index (Phi) is 3.69. The van der Waals surface area contributed by atoms with Gasteiger partial charge in [-0.2, -0.15) is 0 Å². The summed E-state index contributed by atoms with van der Waals surface area (Å²) >= 11 is 0. The van der Waals surface area contributed by atoms with E-state index in [0.29, 0.717) is 0 Å². The van der Waals surface area contributed by atoms with E-state index in [2.05, 4.69) is 4.90 Å². The minimum Gasteiger partial charge on any atom is -0.391 e. The largest absolute Gasteiger partial charge is 0.391 e. The smallest absolute Gasteiger partial charge is 0.0810 e. The van der Waals surface area contributed by atoms with Gasteiger partial charge in [-0.05, 0) is 32.8 Å². The first-order valence-electron chi connectivity index (χ1n) is 6.33. The number of nitrogens with zero attached hydrogens (tertiary/aromatic N) is 1. The van der Waals surface area contributed by atoms with Crippen molar-refractivity contribution in [3.63, 3.8) is 0 Å². The van der Waals surface area contributed by atoms with E-state index in [-0.39, 0.29) is 18.2 Å². The van der Waals surface area contributed by atoms with Crippen LogP contribution in [0.1, 0.15) is 38.4 Å². The van der Waals surface area contributed by atoms with Crippen LogP contribution in [-0.2, 0) is 0 Å². The predicted octanol–water partition coefficient (Wildman–Crippen LogP) is 2.09. The van der Waals surface area contributed by atoms with Crippen LogP contribution >= 0.6 is 0 Å². The molecule has 1 aliphatic heterocycles. The van der Waals surface area contributed by atoms with Crippen LogP contribution in [0.3, 0.4) is 0 Å². The second-order valence-corrected chi connectivity index (χ2v) is 4.89. The Balaban J connectivity index is 2.38. The third-order valence-corrected chi connectivity index (χ3v) is 3.67. The number of fused-ring (bicyclic) bond motifs is 1. The average molecular weight is 235 g/mol. The molecule has 3 atom stereocenters. The Morgan fingerprint density at radius 2 is 2.00 bits per heavy atom. The molecule has 1 heterocycles. The van der Waals surface area contributed by atoms with Gasteiger partial charge in [0, 0.05) is 17.8 Å². The quantitative estimate of drug-likeness (QED) is 0.825. The molecule has 0 saturated heterocycles. The van der Waals surface area contributed by atoms with E-state index in [1.54, 1.807) is 0 Å². The summed E-state index contributed by atoms with van der Waals surface area (Å²) in [6.07, 6.45) is 0.989. The summed E-state index contributed by atoms with van der Waals surface area (Å²) in [6.45, 7) is 4.73. The Labute approximate surface area is 103 Å². The normalized spacial score (nSPS) is 23.8. The topological polar surface area (TPSA) is 43.7 Å². The van der Waals surface area contributed by atoms with Crippen LogP contribution < -0.4 is 4.90 Å². The van der Waals surface area contributed by atoms with Crippen molar-refractivity contribution in [2.45, 2.75) is 44.9 Å². The van der Waals surface area contributed by atoms with Gasteiger partial charge in [-0.1, -0.05) is 18.2 Å². The zero-order valence-corrected chi connectivity index (χ0v) is 10.5. The van der Waals surface area contributed by atoms with Crippen molar-refractivity contribution in [1.29, 1.82) is 0 Å². The third kappa shape index (κ3) is 2.45. The van der Waals surface area contributed by atoms with Crippen LogP contribution in [0.25, 0.3) is 0 Å². The molecule has 1 aromatic rings. The second-order valence-electron chi connectivity index (χ2n) is 4.89. The minimum atomic E-state index is -0.377. The molecule has 0 aliphatic carbocycles. The van der Waals surface area contributed by atoms with E-state index in [0.717, 1.165) is 30.6 Å². The fraction of sp³-hybridized carbons (Fsp3) is 0.571. The zero-order valence-electron chi connectivity index (χ0n) is 10.5. The van der Waals surface area contributed by atoms with Crippen LogP contribution in [0.2, 0.25) is 0 Å². The van der Waals surface area contributed by atoms with Gasteiger partial charge in [-0.3, -0.25) is 0 Å². The van der Waals surface area contributed by atoms with Gasteiger partial charge in [0.15, 0.2) is 0 Å². The SMILES string of the molecule is CC(O)C(C)N1CCCC(O)c2ccccc21. The van der Waals surface area contributed by atoms with E-state index >= 15 is 0 Å². The second kappa shape index (κ2) is 5.07. The molecule has 2 N–H and O–H groups in total. The molecule has 3 nitrogen and oxygen atoms in total. The lowest BCUT2D eigenvalue weighted by Gasteiger charge is -2.33. The number of para-hydroxylation sites is 1. The number of aliphatic hydroxyl groups is 2. The molecule has 17 heavy (non-hydrogen) atoms. The first-order chi connectivity index (χ1) is 8.11. The lowest BCUT2D eigenvalue weighted by atomic mass is 10.0. The number of hydrogen-bond donors (Lipinski definition) is 2. The lowest BCUT2D eigenvalue weighted by molar-refractivity contribution is 0.164. The van der Waals surface area contributed by atoms with Gasteiger partial charge in [0.25, 0.3) is 0 Å². The summed E-state index contributed by atoms with van der Waals surface area (Å²) in [5.74, 6) is 0. The Bertz CT molecular complexity index is 378. The number of rotatable bonds is 2. The summed E-state index contributed by atoms with van der Waals surface area (Å²) in [7, 11) is 0. The van der Waals surface area contributed by atoms with Crippen LogP contribution in [-0.4, -0.2) is 28.9 Å². The maximum absolute atomic E-state index is 10.1. The fourth-order valence-corrected chi connectivity index (χ4v) is 2.45. The van der Waals surface area contributed by atoms with Crippen molar-refractivity contribution in [2.75, 3.05) is 11.4 Å². The van der Waals surface area contributed by atoms with E-state index in [9.17, 15) is 10.2 Å². The number of anilines is 1. The highest BCUT2D eigenvalue weighted by atomic mass is 16.3. The Hall–Kier alpha value is -1.06. The first-order valence-corrected chi connectivity index (χ1v) is 6.33. The van der Waals surface area contributed by atoms with Crippen LogP contribution in [0.4, 0.5) is 5.69 Å². The molecule has 0 saturated carbocycles. The third-order valence-electron chi connectivity index (χ3n) is 3.67. The van der Waals surface area contributed by atoms with E-state index in [4.69, 9.17) is 0 Å². The van der Waals surface area contributed by atoms with Gasteiger partial charge in [0.2, 0.25) is 0 Å². The summed E-state index contributed by atoms with van der Waals surface area (Å²) in [6, 6.07) is 8.02. The highest BCUT2D eigenvalue weighted by Gasteiger charge is 2.25. The monoisotopic (exact) mass is 235 g/mol. The van der Waals surface area contributed by atoms with Crippen molar-refractivity contribution >= 4 is 5.69 Å². The molecule has 0 aromatic heterocycles. The van der Waals surface area contributed by atoms with Crippen molar-refractivity contribution in [2.24, 2.45) is 0 Å². The molecule has 0 radical (unpaired) electrons.